The number of ether oxygens (including phenoxy) is 1. The van der Waals surface area contributed by atoms with Gasteiger partial charge in [0.2, 0.25) is 0 Å². The zero-order valence-corrected chi connectivity index (χ0v) is 14.6. The van der Waals surface area contributed by atoms with Gasteiger partial charge in [-0.1, -0.05) is 42.5 Å². The number of nitrogens with zero attached hydrogens (tertiary/aromatic N) is 1. The van der Waals surface area contributed by atoms with Crippen molar-refractivity contribution < 1.29 is 4.74 Å². The van der Waals surface area contributed by atoms with Gasteiger partial charge in [-0.15, -0.1) is 0 Å². The van der Waals surface area contributed by atoms with Crippen LogP contribution in [0.4, 0.5) is 0 Å². The van der Waals surface area contributed by atoms with E-state index >= 15 is 0 Å². The third-order valence-electron chi connectivity index (χ3n) is 4.67. The molecule has 0 amide bonds. The van der Waals surface area contributed by atoms with Crippen LogP contribution >= 0.6 is 0 Å². The maximum Gasteiger partial charge on any atom is 0.119 e. The van der Waals surface area contributed by atoms with E-state index in [9.17, 15) is 0 Å². The molecule has 0 unspecified atom stereocenters. The van der Waals surface area contributed by atoms with Crippen LogP contribution in [-0.2, 0) is 13.1 Å². The molecule has 0 spiro atoms. The molecule has 1 fully saturated rings. The fourth-order valence-electron chi connectivity index (χ4n) is 3.27. The first-order valence-electron chi connectivity index (χ1n) is 9.05. The Morgan fingerprint density at radius 1 is 0.958 bits per heavy atom. The van der Waals surface area contributed by atoms with Crippen molar-refractivity contribution in [3.63, 3.8) is 0 Å². The van der Waals surface area contributed by atoms with Gasteiger partial charge in [-0.25, -0.2) is 0 Å². The Morgan fingerprint density at radius 2 is 1.67 bits per heavy atom. The van der Waals surface area contributed by atoms with Gasteiger partial charge in [-0.3, -0.25) is 4.90 Å². The van der Waals surface area contributed by atoms with Crippen molar-refractivity contribution in [1.29, 1.82) is 0 Å². The lowest BCUT2D eigenvalue weighted by atomic mass is 10.0. The Bertz CT molecular complexity index is 589. The first-order chi connectivity index (χ1) is 11.8. The third kappa shape index (κ3) is 5.08. The minimum absolute atomic E-state index is 0.628. The fourth-order valence-corrected chi connectivity index (χ4v) is 3.27. The molecule has 3 nitrogen and oxygen atoms in total. The van der Waals surface area contributed by atoms with Crippen LogP contribution in [0.25, 0.3) is 0 Å². The number of nitrogens with one attached hydrogen (secondary N) is 1. The van der Waals surface area contributed by atoms with E-state index in [1.807, 2.05) is 6.92 Å². The van der Waals surface area contributed by atoms with E-state index in [0.717, 1.165) is 25.4 Å². The summed E-state index contributed by atoms with van der Waals surface area (Å²) in [6.45, 7) is 7.10. The number of hydrogen-bond acceptors (Lipinski definition) is 3. The molecule has 128 valence electrons. The van der Waals surface area contributed by atoms with Gasteiger partial charge in [0.15, 0.2) is 0 Å². The highest BCUT2D eigenvalue weighted by Gasteiger charge is 2.18. The van der Waals surface area contributed by atoms with Gasteiger partial charge in [-0.2, -0.15) is 0 Å². The smallest absolute Gasteiger partial charge is 0.119 e. The molecule has 0 saturated carbocycles. The Balaban J connectivity index is 1.39. The molecule has 1 heterocycles. The molecule has 1 aliphatic rings. The molecule has 1 N–H and O–H groups in total. The Kier molecular flexibility index (Phi) is 6.27. The Morgan fingerprint density at radius 3 is 2.33 bits per heavy atom. The summed E-state index contributed by atoms with van der Waals surface area (Å²) in [4.78, 5) is 2.56. The van der Waals surface area contributed by atoms with Crippen LogP contribution in [0.15, 0.2) is 54.6 Å². The summed E-state index contributed by atoms with van der Waals surface area (Å²) in [5.74, 6) is 0.954. The number of rotatable bonds is 7. The second kappa shape index (κ2) is 8.86. The molecular formula is C21H28N2O. The van der Waals surface area contributed by atoms with Crippen molar-refractivity contribution in [2.45, 2.75) is 38.9 Å². The average Bonchev–Trinajstić information content (AvgIpc) is 2.63. The molecule has 0 atom stereocenters. The van der Waals surface area contributed by atoms with Gasteiger partial charge in [0.05, 0.1) is 6.61 Å². The minimum Gasteiger partial charge on any atom is -0.494 e. The molecule has 0 bridgehead atoms. The summed E-state index contributed by atoms with van der Waals surface area (Å²) in [5.41, 5.74) is 2.74. The normalized spacial score (nSPS) is 16.2. The molecular weight excluding hydrogens is 296 g/mol. The zero-order valence-electron chi connectivity index (χ0n) is 14.6. The number of likely N-dealkylation sites (tertiary alicyclic amines) is 1. The van der Waals surface area contributed by atoms with Crippen LogP contribution in [0.5, 0.6) is 5.75 Å². The standard InChI is InChI=1S/C21H28N2O/c1-2-24-21-10-8-18(9-11-21)16-22-20-12-14-23(15-13-20)17-19-6-4-3-5-7-19/h3-11,20,22H,2,12-17H2,1H3. The van der Waals surface area contributed by atoms with Crippen LogP contribution in [0.2, 0.25) is 0 Å². The van der Waals surface area contributed by atoms with E-state index in [0.29, 0.717) is 6.04 Å². The lowest BCUT2D eigenvalue weighted by molar-refractivity contribution is 0.190. The predicted octanol–water partition coefficient (Wildman–Crippen LogP) is 3.84. The van der Waals surface area contributed by atoms with Crippen LogP contribution < -0.4 is 10.1 Å². The lowest BCUT2D eigenvalue weighted by Gasteiger charge is -2.32. The summed E-state index contributed by atoms with van der Waals surface area (Å²) in [6.07, 6.45) is 2.45. The van der Waals surface area contributed by atoms with Gasteiger partial charge in [0.25, 0.3) is 0 Å². The summed E-state index contributed by atoms with van der Waals surface area (Å²) in [5, 5.41) is 3.71. The monoisotopic (exact) mass is 324 g/mol. The van der Waals surface area contributed by atoms with E-state index in [2.05, 4.69) is 64.8 Å². The maximum absolute atomic E-state index is 5.49. The molecule has 2 aromatic carbocycles. The van der Waals surface area contributed by atoms with Crippen molar-refractivity contribution in [3.8, 4) is 5.75 Å². The largest absolute Gasteiger partial charge is 0.494 e. The molecule has 0 aromatic heterocycles. The van der Waals surface area contributed by atoms with E-state index in [1.54, 1.807) is 0 Å². The van der Waals surface area contributed by atoms with Crippen LogP contribution in [0.3, 0.4) is 0 Å². The third-order valence-corrected chi connectivity index (χ3v) is 4.67. The van der Waals surface area contributed by atoms with Crippen LogP contribution in [-0.4, -0.2) is 30.6 Å². The van der Waals surface area contributed by atoms with E-state index in [4.69, 9.17) is 4.74 Å². The summed E-state index contributed by atoms with van der Waals surface area (Å²) >= 11 is 0. The molecule has 2 aromatic rings. The van der Waals surface area contributed by atoms with Crippen molar-refractivity contribution in [1.82, 2.24) is 10.2 Å². The fraction of sp³-hybridized carbons (Fsp3) is 0.429. The average molecular weight is 324 g/mol. The predicted molar refractivity (Wildman–Crippen MR) is 99.2 cm³/mol. The summed E-state index contributed by atoms with van der Waals surface area (Å²) < 4.78 is 5.49. The molecule has 0 radical (unpaired) electrons. The molecule has 24 heavy (non-hydrogen) atoms. The van der Waals surface area contributed by atoms with E-state index in [1.165, 1.54) is 37.1 Å². The van der Waals surface area contributed by atoms with E-state index in [-0.39, 0.29) is 0 Å². The number of piperidine rings is 1. The minimum atomic E-state index is 0.628. The topological polar surface area (TPSA) is 24.5 Å². The highest BCUT2D eigenvalue weighted by molar-refractivity contribution is 5.27. The second-order valence-electron chi connectivity index (χ2n) is 6.49. The van der Waals surface area contributed by atoms with Crippen molar-refractivity contribution >= 4 is 0 Å². The molecule has 1 saturated heterocycles. The molecule has 1 aliphatic heterocycles. The van der Waals surface area contributed by atoms with E-state index < -0.39 is 0 Å². The van der Waals surface area contributed by atoms with Gasteiger partial charge in [-0.05, 0) is 56.1 Å². The molecule has 3 rings (SSSR count). The van der Waals surface area contributed by atoms with Crippen molar-refractivity contribution in [2.75, 3.05) is 19.7 Å². The van der Waals surface area contributed by atoms with Crippen LogP contribution in [0, 0.1) is 0 Å². The quantitative estimate of drug-likeness (QED) is 0.837. The molecule has 3 heteroatoms. The Labute approximate surface area is 145 Å². The first-order valence-corrected chi connectivity index (χ1v) is 9.05. The van der Waals surface area contributed by atoms with Crippen molar-refractivity contribution in [2.24, 2.45) is 0 Å². The highest BCUT2D eigenvalue weighted by Crippen LogP contribution is 2.16. The number of benzene rings is 2. The Hall–Kier alpha value is -1.84. The SMILES string of the molecule is CCOc1ccc(CNC2CCN(Cc3ccccc3)CC2)cc1. The first kappa shape index (κ1) is 17.0. The van der Waals surface area contributed by atoms with Crippen LogP contribution in [0.1, 0.15) is 30.9 Å². The zero-order chi connectivity index (χ0) is 16.6. The van der Waals surface area contributed by atoms with Gasteiger partial charge in [0, 0.05) is 19.1 Å². The lowest BCUT2D eigenvalue weighted by Crippen LogP contribution is -2.41. The van der Waals surface area contributed by atoms with Gasteiger partial charge >= 0.3 is 0 Å². The maximum atomic E-state index is 5.49. The highest BCUT2D eigenvalue weighted by atomic mass is 16.5. The second-order valence-corrected chi connectivity index (χ2v) is 6.49. The van der Waals surface area contributed by atoms with Gasteiger partial charge < -0.3 is 10.1 Å². The number of hydrogen-bond donors (Lipinski definition) is 1. The molecule has 0 aliphatic carbocycles. The van der Waals surface area contributed by atoms with Crippen molar-refractivity contribution in [3.05, 3.63) is 65.7 Å². The summed E-state index contributed by atoms with van der Waals surface area (Å²) in [6, 6.07) is 19.8. The summed E-state index contributed by atoms with van der Waals surface area (Å²) in [7, 11) is 0. The van der Waals surface area contributed by atoms with Gasteiger partial charge in [0.1, 0.15) is 5.75 Å².